The van der Waals surface area contributed by atoms with Crippen molar-refractivity contribution in [3.63, 3.8) is 0 Å². The Balaban J connectivity index is 1.47. The number of hydrogen-bond donors (Lipinski definition) is 8. The number of benzene rings is 4. The molecule has 4 rings (SSSR count). The molecule has 0 spiro atoms. The average Bonchev–Trinajstić information content (AvgIpc) is 3.23. The van der Waals surface area contributed by atoms with Crippen molar-refractivity contribution in [1.29, 1.82) is 0 Å². The Bertz CT molecular complexity index is 1980. The quantitative estimate of drug-likeness (QED) is 0.0314. The van der Waals surface area contributed by atoms with Gasteiger partial charge in [0, 0.05) is 26.6 Å². The topological polar surface area (TPSA) is 245 Å². The number of rotatable bonds is 23. The maximum atomic E-state index is 14.1. The summed E-state index contributed by atoms with van der Waals surface area (Å²) in [4.78, 5) is 61.8. The summed E-state index contributed by atoms with van der Waals surface area (Å²) in [7, 11) is 0. The van der Waals surface area contributed by atoms with Crippen LogP contribution in [-0.4, -0.2) is 73.3 Å². The smallest absolute Gasteiger partial charge is 0.243 e. The van der Waals surface area contributed by atoms with Crippen LogP contribution >= 0.6 is 0 Å². The van der Waals surface area contributed by atoms with Gasteiger partial charge in [0.05, 0.1) is 0 Å². The summed E-state index contributed by atoms with van der Waals surface area (Å²) in [6, 6.07) is 33.2. The van der Waals surface area contributed by atoms with Crippen LogP contribution in [0.5, 0.6) is 0 Å². The highest BCUT2D eigenvalue weighted by Crippen LogP contribution is 2.21. The third-order valence-corrected chi connectivity index (χ3v) is 9.65. The lowest BCUT2D eigenvalue weighted by molar-refractivity contribution is -0.133. The first kappa shape index (κ1) is 45.0. The number of aliphatic imine (C=N–C) groups is 2. The lowest BCUT2D eigenvalue weighted by atomic mass is 9.99. The van der Waals surface area contributed by atoms with Crippen molar-refractivity contribution in [3.8, 4) is 22.3 Å². The fourth-order valence-electron chi connectivity index (χ4n) is 6.49. The first-order valence-electron chi connectivity index (χ1n) is 20.0. The number of nitrogens with two attached hydrogens (primary N) is 4. The van der Waals surface area contributed by atoms with E-state index >= 15 is 0 Å². The molecule has 0 aliphatic carbocycles. The Morgan fingerprint density at radius 2 is 0.898 bits per heavy atom. The van der Waals surface area contributed by atoms with E-state index in [1.807, 2.05) is 109 Å². The maximum absolute atomic E-state index is 14.1. The Hall–Kier alpha value is -6.70. The molecular formula is C45H58N10O4. The predicted molar refractivity (Wildman–Crippen MR) is 235 cm³/mol. The molecule has 0 aliphatic rings. The monoisotopic (exact) mass is 802 g/mol. The first-order chi connectivity index (χ1) is 28.5. The average molecular weight is 803 g/mol. The first-order valence-corrected chi connectivity index (χ1v) is 20.0. The van der Waals surface area contributed by atoms with Crippen LogP contribution in [0.1, 0.15) is 56.6 Å². The van der Waals surface area contributed by atoms with Crippen molar-refractivity contribution in [3.05, 3.63) is 120 Å². The van der Waals surface area contributed by atoms with Gasteiger partial charge in [0.15, 0.2) is 11.9 Å². The molecule has 0 aromatic heterocycles. The third-order valence-electron chi connectivity index (χ3n) is 9.65. The van der Waals surface area contributed by atoms with Gasteiger partial charge in [0.1, 0.15) is 18.1 Å². The van der Waals surface area contributed by atoms with Crippen LogP contribution in [-0.2, 0) is 32.0 Å². The minimum Gasteiger partial charge on any atom is -0.370 e. The van der Waals surface area contributed by atoms with Crippen LogP contribution < -0.4 is 44.2 Å². The Morgan fingerprint density at radius 3 is 1.34 bits per heavy atom. The molecule has 4 aromatic rings. The second-order valence-corrected chi connectivity index (χ2v) is 14.3. The molecule has 3 atom stereocenters. The van der Waals surface area contributed by atoms with Crippen molar-refractivity contribution in [1.82, 2.24) is 21.3 Å². The summed E-state index contributed by atoms with van der Waals surface area (Å²) in [5.41, 5.74) is 28.2. The molecule has 312 valence electrons. The minimum absolute atomic E-state index is 0.00535. The van der Waals surface area contributed by atoms with Gasteiger partial charge in [-0.3, -0.25) is 29.2 Å². The normalized spacial score (nSPS) is 12.2. The zero-order valence-electron chi connectivity index (χ0n) is 33.7. The van der Waals surface area contributed by atoms with Gasteiger partial charge in [-0.2, -0.15) is 0 Å². The van der Waals surface area contributed by atoms with Crippen LogP contribution in [0.2, 0.25) is 0 Å². The Kier molecular flexibility index (Phi) is 18.4. The Labute approximate surface area is 346 Å². The fourth-order valence-corrected chi connectivity index (χ4v) is 6.49. The highest BCUT2D eigenvalue weighted by atomic mass is 16.2. The SMILES string of the molecule is CC(=O)NC(CCc1ccc(-c2ccccc2)cc1)C(=O)NC(CCCN=C(N)N)C(=O)NC(CCc1ccc(-c2ccccc2)cc1)C(=O)NCCCCN=C(N)N. The van der Waals surface area contributed by atoms with Crippen LogP contribution in [0.15, 0.2) is 119 Å². The molecule has 0 heterocycles. The van der Waals surface area contributed by atoms with E-state index in [0.29, 0.717) is 51.6 Å². The van der Waals surface area contributed by atoms with Crippen molar-refractivity contribution in [2.24, 2.45) is 32.9 Å². The Morgan fingerprint density at radius 1 is 0.492 bits per heavy atom. The van der Waals surface area contributed by atoms with Gasteiger partial charge < -0.3 is 44.2 Å². The van der Waals surface area contributed by atoms with Crippen molar-refractivity contribution >= 4 is 35.5 Å². The molecule has 4 amide bonds. The van der Waals surface area contributed by atoms with Crippen LogP contribution in [0.4, 0.5) is 0 Å². The van der Waals surface area contributed by atoms with Crippen molar-refractivity contribution in [2.75, 3.05) is 19.6 Å². The van der Waals surface area contributed by atoms with Gasteiger partial charge in [-0.05, 0) is 84.7 Å². The van der Waals surface area contributed by atoms with E-state index < -0.39 is 29.9 Å². The molecule has 0 fully saturated rings. The largest absolute Gasteiger partial charge is 0.370 e. The molecule has 59 heavy (non-hydrogen) atoms. The number of nitrogens with zero attached hydrogens (tertiary/aromatic N) is 2. The number of unbranched alkanes of at least 4 members (excludes halogenated alkanes) is 1. The lowest BCUT2D eigenvalue weighted by Crippen LogP contribution is -2.56. The predicted octanol–water partition coefficient (Wildman–Crippen LogP) is 3.28. The summed E-state index contributed by atoms with van der Waals surface area (Å²) in [5, 5.41) is 11.4. The maximum Gasteiger partial charge on any atom is 0.243 e. The van der Waals surface area contributed by atoms with Crippen molar-refractivity contribution < 1.29 is 19.2 Å². The van der Waals surface area contributed by atoms with E-state index in [0.717, 1.165) is 33.4 Å². The van der Waals surface area contributed by atoms with Gasteiger partial charge in [-0.15, -0.1) is 0 Å². The number of carbonyl (C=O) groups is 4. The number of hydrogen-bond acceptors (Lipinski definition) is 6. The zero-order valence-corrected chi connectivity index (χ0v) is 33.7. The summed E-state index contributed by atoms with van der Waals surface area (Å²) in [6.45, 7) is 2.34. The molecule has 0 aliphatic heterocycles. The molecule has 0 bridgehead atoms. The lowest BCUT2D eigenvalue weighted by Gasteiger charge is -2.25. The van der Waals surface area contributed by atoms with Gasteiger partial charge in [0.2, 0.25) is 23.6 Å². The van der Waals surface area contributed by atoms with Crippen molar-refractivity contribution in [2.45, 2.75) is 76.4 Å². The van der Waals surface area contributed by atoms with Gasteiger partial charge in [-0.1, -0.05) is 109 Å². The number of guanidine groups is 2. The molecule has 3 unspecified atom stereocenters. The molecule has 4 aromatic carbocycles. The van der Waals surface area contributed by atoms with Crippen LogP contribution in [0.3, 0.4) is 0 Å². The third kappa shape index (κ3) is 16.4. The van der Waals surface area contributed by atoms with E-state index in [2.05, 4.69) is 31.3 Å². The van der Waals surface area contributed by atoms with Crippen LogP contribution in [0, 0.1) is 0 Å². The van der Waals surface area contributed by atoms with E-state index in [1.165, 1.54) is 6.92 Å². The molecule has 0 saturated carbocycles. The zero-order chi connectivity index (χ0) is 42.4. The molecule has 12 N–H and O–H groups in total. The molecule has 14 nitrogen and oxygen atoms in total. The number of amides is 4. The highest BCUT2D eigenvalue weighted by molar-refractivity contribution is 5.94. The summed E-state index contributed by atoms with van der Waals surface area (Å²) >= 11 is 0. The number of aryl methyl sites for hydroxylation is 2. The summed E-state index contributed by atoms with van der Waals surface area (Å²) in [5.74, 6) is -1.90. The summed E-state index contributed by atoms with van der Waals surface area (Å²) in [6.07, 6.45) is 3.37. The number of carbonyl (C=O) groups excluding carboxylic acids is 4. The van der Waals surface area contributed by atoms with Gasteiger partial charge in [0.25, 0.3) is 0 Å². The summed E-state index contributed by atoms with van der Waals surface area (Å²) < 4.78 is 0. The molecule has 14 heteroatoms. The van der Waals surface area contributed by atoms with E-state index in [9.17, 15) is 19.2 Å². The standard InChI is InChI=1S/C45H58N10O4/c1-31(56)53-40(27-21-33-18-24-37(25-19-33)35-13-6-3-7-14-35)43(59)54-38(15-10-30-52-45(48)49)42(58)55-39(41(57)50-28-8-9-29-51-44(46)47)26-20-32-16-22-36(23-17-32)34-11-4-2-5-12-34/h2-7,11-14,16-19,22-25,38-40H,8-10,15,20-21,26-30H2,1H3,(H,50,57)(H,53,56)(H,54,59)(H,55,58)(H4,46,47,51)(H4,48,49,52). The second kappa shape index (κ2) is 24.2. The number of nitrogens with one attached hydrogen (secondary N) is 4. The minimum atomic E-state index is -1.06. The van der Waals surface area contributed by atoms with Crippen LogP contribution in [0.25, 0.3) is 22.3 Å². The van der Waals surface area contributed by atoms with E-state index in [-0.39, 0.29) is 43.1 Å². The molecule has 0 saturated heterocycles. The van der Waals surface area contributed by atoms with E-state index in [4.69, 9.17) is 22.9 Å². The van der Waals surface area contributed by atoms with Gasteiger partial charge >= 0.3 is 0 Å². The molecular weight excluding hydrogens is 745 g/mol. The van der Waals surface area contributed by atoms with Gasteiger partial charge in [-0.25, -0.2) is 0 Å². The highest BCUT2D eigenvalue weighted by Gasteiger charge is 2.29. The molecule has 0 radical (unpaired) electrons. The van der Waals surface area contributed by atoms with E-state index in [1.54, 1.807) is 0 Å². The fraction of sp³-hybridized carbons (Fsp3) is 0.333. The second-order valence-electron chi connectivity index (χ2n) is 14.3.